The minimum absolute atomic E-state index is 0.876. The first-order chi connectivity index (χ1) is 8.92. The van der Waals surface area contributed by atoms with Crippen LogP contribution in [0.5, 0.6) is 0 Å². The van der Waals surface area contributed by atoms with Gasteiger partial charge in [-0.25, -0.2) is 4.99 Å². The summed E-state index contributed by atoms with van der Waals surface area (Å²) in [4.78, 5) is 6.10. The van der Waals surface area contributed by atoms with Crippen molar-refractivity contribution in [3.05, 3.63) is 24.3 Å². The highest BCUT2D eigenvalue weighted by atomic mass is 32.2. The third-order valence-corrected chi connectivity index (χ3v) is 5.87. The Balaban J connectivity index is 1.59. The van der Waals surface area contributed by atoms with E-state index in [2.05, 4.69) is 29.6 Å². The molecule has 2 aliphatic rings. The third kappa shape index (κ3) is 3.11. The summed E-state index contributed by atoms with van der Waals surface area (Å²) >= 11 is 3.89. The minimum Gasteiger partial charge on any atom is -0.317 e. The van der Waals surface area contributed by atoms with Gasteiger partial charge in [-0.05, 0) is 44.0 Å². The molecule has 4 heteroatoms. The Bertz CT molecular complexity index is 439. The molecule has 2 heterocycles. The van der Waals surface area contributed by atoms with E-state index in [0.717, 1.165) is 17.4 Å². The molecule has 0 bridgehead atoms. The molecule has 0 unspecified atom stereocenters. The lowest BCUT2D eigenvalue weighted by atomic mass is 10.0. The van der Waals surface area contributed by atoms with Gasteiger partial charge in [0.2, 0.25) is 0 Å². The third-order valence-electron chi connectivity index (χ3n) is 3.41. The van der Waals surface area contributed by atoms with Gasteiger partial charge in [0.05, 0.1) is 10.7 Å². The van der Waals surface area contributed by atoms with Crippen LogP contribution in [-0.2, 0) is 0 Å². The molecule has 2 nitrogen and oxygen atoms in total. The fraction of sp³-hybridized carbons (Fsp3) is 0.500. The Morgan fingerprint density at radius 3 is 3.00 bits per heavy atom. The van der Waals surface area contributed by atoms with Gasteiger partial charge >= 0.3 is 0 Å². The smallest absolute Gasteiger partial charge is 0.0842 e. The maximum Gasteiger partial charge on any atom is 0.0842 e. The molecular weight excluding hydrogens is 260 g/mol. The van der Waals surface area contributed by atoms with E-state index in [1.807, 2.05) is 23.5 Å². The summed E-state index contributed by atoms with van der Waals surface area (Å²) in [6.45, 7) is 2.38. The molecular formula is C14H18N2S2. The Hall–Kier alpha value is -0.450. The normalized spacial score (nSPS) is 20.3. The largest absolute Gasteiger partial charge is 0.317 e. The van der Waals surface area contributed by atoms with Crippen LogP contribution < -0.4 is 5.32 Å². The molecule has 18 heavy (non-hydrogen) atoms. The zero-order valence-corrected chi connectivity index (χ0v) is 12.0. The molecule has 1 saturated heterocycles. The summed E-state index contributed by atoms with van der Waals surface area (Å²) < 4.78 is 0. The number of thioether (sulfide) groups is 2. The second-order valence-electron chi connectivity index (χ2n) is 4.77. The van der Waals surface area contributed by atoms with Crippen LogP contribution in [-0.4, -0.2) is 29.6 Å². The fourth-order valence-electron chi connectivity index (χ4n) is 2.31. The quantitative estimate of drug-likeness (QED) is 0.895. The zero-order valence-electron chi connectivity index (χ0n) is 10.4. The standard InChI is InChI=1S/C14H18N2S2/c1-2-4-13-12(3-1)16-14(10-17-13)18-9-11-5-7-15-8-6-11/h1-4,11,15H,5-10H2. The number of hydrogen-bond donors (Lipinski definition) is 1. The number of benzene rings is 1. The first kappa shape index (κ1) is 12.6. The Labute approximate surface area is 117 Å². The molecule has 1 aromatic carbocycles. The SMILES string of the molecule is c1ccc2c(c1)N=C(SCC1CCNCC1)CS2. The van der Waals surface area contributed by atoms with Crippen molar-refractivity contribution in [2.75, 3.05) is 24.6 Å². The number of rotatable bonds is 2. The van der Waals surface area contributed by atoms with Crippen LogP contribution in [0.3, 0.4) is 0 Å². The van der Waals surface area contributed by atoms with Gasteiger partial charge in [0.15, 0.2) is 0 Å². The highest BCUT2D eigenvalue weighted by molar-refractivity contribution is 8.16. The number of para-hydroxylation sites is 1. The average molecular weight is 278 g/mol. The van der Waals surface area contributed by atoms with Crippen LogP contribution >= 0.6 is 23.5 Å². The Kier molecular flexibility index (Phi) is 4.28. The summed E-state index contributed by atoms with van der Waals surface area (Å²) in [5.41, 5.74) is 1.15. The number of nitrogens with one attached hydrogen (secondary N) is 1. The van der Waals surface area contributed by atoms with E-state index in [0.29, 0.717) is 0 Å². The lowest BCUT2D eigenvalue weighted by Crippen LogP contribution is -2.29. The van der Waals surface area contributed by atoms with Crippen molar-refractivity contribution in [3.8, 4) is 0 Å². The van der Waals surface area contributed by atoms with Gasteiger partial charge in [-0.15, -0.1) is 23.5 Å². The second kappa shape index (κ2) is 6.13. The molecule has 96 valence electrons. The summed E-state index contributed by atoms with van der Waals surface area (Å²) in [5, 5.41) is 4.73. The van der Waals surface area contributed by atoms with Gasteiger partial charge in [-0.3, -0.25) is 0 Å². The monoisotopic (exact) mass is 278 g/mol. The summed E-state index contributed by atoms with van der Waals surface area (Å²) in [5.74, 6) is 3.16. The van der Waals surface area contributed by atoms with E-state index in [-0.39, 0.29) is 0 Å². The maximum atomic E-state index is 4.77. The van der Waals surface area contributed by atoms with Crippen LogP contribution in [0.25, 0.3) is 0 Å². The van der Waals surface area contributed by atoms with Gasteiger partial charge in [0.25, 0.3) is 0 Å². The summed E-state index contributed by atoms with van der Waals surface area (Å²) in [6.07, 6.45) is 2.65. The Morgan fingerprint density at radius 1 is 1.28 bits per heavy atom. The van der Waals surface area contributed by atoms with Crippen molar-refractivity contribution in [1.29, 1.82) is 0 Å². The van der Waals surface area contributed by atoms with Gasteiger partial charge in [-0.1, -0.05) is 12.1 Å². The van der Waals surface area contributed by atoms with E-state index in [9.17, 15) is 0 Å². The van der Waals surface area contributed by atoms with E-state index in [1.54, 1.807) is 0 Å². The molecule has 2 aliphatic heterocycles. The van der Waals surface area contributed by atoms with Crippen LogP contribution in [0.2, 0.25) is 0 Å². The number of aliphatic imine (C=N–C) groups is 1. The van der Waals surface area contributed by atoms with Crippen LogP contribution in [0, 0.1) is 5.92 Å². The lowest BCUT2D eigenvalue weighted by molar-refractivity contribution is 0.408. The molecule has 1 N–H and O–H groups in total. The summed E-state index contributed by atoms with van der Waals surface area (Å²) in [6, 6.07) is 8.45. The van der Waals surface area contributed by atoms with Crippen molar-refractivity contribution in [1.82, 2.24) is 5.32 Å². The molecule has 1 fully saturated rings. The van der Waals surface area contributed by atoms with E-state index in [1.165, 1.54) is 41.6 Å². The molecule has 0 radical (unpaired) electrons. The average Bonchev–Trinajstić information content (AvgIpc) is 2.46. The predicted molar refractivity (Wildman–Crippen MR) is 82.3 cm³/mol. The first-order valence-electron chi connectivity index (χ1n) is 6.55. The topological polar surface area (TPSA) is 24.4 Å². The highest BCUT2D eigenvalue weighted by Crippen LogP contribution is 2.36. The van der Waals surface area contributed by atoms with Gasteiger partial charge < -0.3 is 5.32 Å². The van der Waals surface area contributed by atoms with Crippen LogP contribution in [0.1, 0.15) is 12.8 Å². The minimum atomic E-state index is 0.876. The van der Waals surface area contributed by atoms with Gasteiger partial charge in [-0.2, -0.15) is 0 Å². The van der Waals surface area contributed by atoms with Crippen LogP contribution in [0.4, 0.5) is 5.69 Å². The molecule has 1 aromatic rings. The first-order valence-corrected chi connectivity index (χ1v) is 8.52. The molecule has 3 rings (SSSR count). The van der Waals surface area contributed by atoms with Crippen molar-refractivity contribution >= 4 is 34.3 Å². The summed E-state index contributed by atoms with van der Waals surface area (Å²) in [7, 11) is 0. The lowest BCUT2D eigenvalue weighted by Gasteiger charge is -2.23. The number of fused-ring (bicyclic) bond motifs is 1. The van der Waals surface area contributed by atoms with Gasteiger partial charge in [0.1, 0.15) is 0 Å². The number of nitrogens with zero attached hydrogens (tertiary/aromatic N) is 1. The van der Waals surface area contributed by atoms with E-state index in [4.69, 9.17) is 4.99 Å². The van der Waals surface area contributed by atoms with Crippen LogP contribution in [0.15, 0.2) is 34.2 Å². The number of piperidine rings is 1. The Morgan fingerprint density at radius 2 is 2.11 bits per heavy atom. The maximum absolute atomic E-state index is 4.77. The van der Waals surface area contributed by atoms with E-state index < -0.39 is 0 Å². The molecule has 0 saturated carbocycles. The predicted octanol–water partition coefficient (Wildman–Crippen LogP) is 3.56. The van der Waals surface area contributed by atoms with Crippen molar-refractivity contribution in [2.24, 2.45) is 10.9 Å². The van der Waals surface area contributed by atoms with E-state index >= 15 is 0 Å². The number of hydrogen-bond acceptors (Lipinski definition) is 4. The van der Waals surface area contributed by atoms with Crippen molar-refractivity contribution < 1.29 is 0 Å². The zero-order chi connectivity index (χ0) is 12.2. The molecule has 0 spiro atoms. The molecule has 0 aliphatic carbocycles. The molecule has 0 amide bonds. The second-order valence-corrected chi connectivity index (χ2v) is 6.88. The molecule has 0 aromatic heterocycles. The van der Waals surface area contributed by atoms with Gasteiger partial charge in [0, 0.05) is 16.4 Å². The highest BCUT2D eigenvalue weighted by Gasteiger charge is 2.16. The van der Waals surface area contributed by atoms with Crippen molar-refractivity contribution in [2.45, 2.75) is 17.7 Å². The fourth-order valence-corrected chi connectivity index (χ4v) is 4.53. The van der Waals surface area contributed by atoms with Crippen molar-refractivity contribution in [3.63, 3.8) is 0 Å². The molecule has 0 atom stereocenters.